The number of hydrogen-bond acceptors (Lipinski definition) is 7. The Kier molecular flexibility index (Phi) is 11.4. The number of amidine groups is 1. The first-order valence-electron chi connectivity index (χ1n) is 15.4. The van der Waals surface area contributed by atoms with Crippen molar-refractivity contribution < 1.29 is 17.9 Å². The van der Waals surface area contributed by atoms with E-state index in [1.807, 2.05) is 74.0 Å². The number of fused-ring (bicyclic) bond motifs is 1. The molecule has 1 aromatic heterocycles. The van der Waals surface area contributed by atoms with Crippen molar-refractivity contribution in [2.75, 3.05) is 37.1 Å². The fourth-order valence-corrected chi connectivity index (χ4v) is 6.51. The SMILES string of the molecule is CCN(CC)CCN(c1ccc2c(c1)nc(CCc1ccc(C(=N)NC(=O)OCC(C)C)cc1)n2C)S(=O)(=O)c1ccccc1. The lowest BCUT2D eigenvalue weighted by Gasteiger charge is -2.27. The minimum absolute atomic E-state index is 0.0121. The summed E-state index contributed by atoms with van der Waals surface area (Å²) in [5.41, 5.74) is 3.90. The lowest BCUT2D eigenvalue weighted by molar-refractivity contribution is 0.138. The number of ether oxygens (including phenoxy) is 1. The molecule has 11 heteroatoms. The predicted molar refractivity (Wildman–Crippen MR) is 179 cm³/mol. The minimum Gasteiger partial charge on any atom is -0.449 e. The quantitative estimate of drug-likeness (QED) is 0.138. The number of imidazole rings is 1. The molecule has 10 nitrogen and oxygen atoms in total. The highest BCUT2D eigenvalue weighted by atomic mass is 32.2. The number of alkyl carbamates (subject to hydrolysis) is 1. The monoisotopic (exact) mass is 632 g/mol. The van der Waals surface area contributed by atoms with Crippen LogP contribution in [0.1, 0.15) is 44.6 Å². The van der Waals surface area contributed by atoms with E-state index in [2.05, 4.69) is 24.1 Å². The fourth-order valence-electron chi connectivity index (χ4n) is 5.04. The van der Waals surface area contributed by atoms with Gasteiger partial charge in [-0.05, 0) is 61.3 Å². The molecule has 0 spiro atoms. The van der Waals surface area contributed by atoms with E-state index < -0.39 is 16.1 Å². The van der Waals surface area contributed by atoms with Gasteiger partial charge in [0.25, 0.3) is 10.0 Å². The van der Waals surface area contributed by atoms with Crippen LogP contribution in [0.15, 0.2) is 77.7 Å². The maximum Gasteiger partial charge on any atom is 0.412 e. The lowest BCUT2D eigenvalue weighted by atomic mass is 10.1. The summed E-state index contributed by atoms with van der Waals surface area (Å²) < 4.78 is 36.2. The fraction of sp³-hybridized carbons (Fsp3) is 0.382. The number of sulfonamides is 1. The lowest BCUT2D eigenvalue weighted by Crippen LogP contribution is -2.38. The summed E-state index contributed by atoms with van der Waals surface area (Å²) in [5.74, 6) is 1.09. The first kappa shape index (κ1) is 33.7. The summed E-state index contributed by atoms with van der Waals surface area (Å²) >= 11 is 0. The highest BCUT2D eigenvalue weighted by Crippen LogP contribution is 2.28. The van der Waals surface area contributed by atoms with E-state index in [1.54, 1.807) is 24.3 Å². The Bertz CT molecular complexity index is 1700. The molecule has 1 heterocycles. The second-order valence-electron chi connectivity index (χ2n) is 11.4. The Morgan fingerprint density at radius 1 is 0.978 bits per heavy atom. The zero-order valence-electron chi connectivity index (χ0n) is 26.8. The molecule has 0 bridgehead atoms. The maximum absolute atomic E-state index is 13.8. The van der Waals surface area contributed by atoms with Crippen LogP contribution in [0.4, 0.5) is 10.5 Å². The molecule has 3 aromatic carbocycles. The number of amides is 1. The van der Waals surface area contributed by atoms with Crippen LogP contribution in [0.25, 0.3) is 11.0 Å². The van der Waals surface area contributed by atoms with Gasteiger partial charge in [-0.25, -0.2) is 18.2 Å². The largest absolute Gasteiger partial charge is 0.449 e. The van der Waals surface area contributed by atoms with Gasteiger partial charge in [0.05, 0.1) is 28.2 Å². The van der Waals surface area contributed by atoms with E-state index in [0.29, 0.717) is 37.4 Å². The van der Waals surface area contributed by atoms with Gasteiger partial charge in [-0.2, -0.15) is 0 Å². The van der Waals surface area contributed by atoms with Crippen molar-refractivity contribution in [3.8, 4) is 0 Å². The second-order valence-corrected chi connectivity index (χ2v) is 13.2. The highest BCUT2D eigenvalue weighted by Gasteiger charge is 2.26. The van der Waals surface area contributed by atoms with Gasteiger partial charge >= 0.3 is 6.09 Å². The van der Waals surface area contributed by atoms with Crippen molar-refractivity contribution in [3.05, 3.63) is 89.7 Å². The Morgan fingerprint density at radius 3 is 2.31 bits per heavy atom. The zero-order valence-corrected chi connectivity index (χ0v) is 27.6. The summed E-state index contributed by atoms with van der Waals surface area (Å²) in [6, 6.07) is 21.7. The number of aryl methyl sites for hydroxylation is 3. The van der Waals surface area contributed by atoms with E-state index >= 15 is 0 Å². The molecule has 240 valence electrons. The van der Waals surface area contributed by atoms with Crippen molar-refractivity contribution in [2.45, 2.75) is 45.4 Å². The summed E-state index contributed by atoms with van der Waals surface area (Å²) in [6.45, 7) is 11.0. The first-order chi connectivity index (χ1) is 21.5. The van der Waals surface area contributed by atoms with Crippen molar-refractivity contribution in [1.29, 1.82) is 5.41 Å². The van der Waals surface area contributed by atoms with E-state index in [1.165, 1.54) is 4.31 Å². The number of likely N-dealkylation sites (N-methyl/N-ethyl adjacent to an activating group) is 1. The molecular formula is C34H44N6O4S. The van der Waals surface area contributed by atoms with Crippen LogP contribution in [-0.2, 0) is 34.6 Å². The first-order valence-corrected chi connectivity index (χ1v) is 16.8. The van der Waals surface area contributed by atoms with Crippen molar-refractivity contribution >= 4 is 38.7 Å². The average molecular weight is 633 g/mol. The van der Waals surface area contributed by atoms with Crippen LogP contribution in [-0.4, -0.2) is 67.6 Å². The van der Waals surface area contributed by atoms with Gasteiger partial charge in [0.15, 0.2) is 0 Å². The number of nitrogens with zero attached hydrogens (tertiary/aromatic N) is 4. The molecule has 0 unspecified atom stereocenters. The van der Waals surface area contributed by atoms with Crippen LogP contribution in [0.2, 0.25) is 0 Å². The third kappa shape index (κ3) is 8.49. The molecule has 0 saturated carbocycles. The van der Waals surface area contributed by atoms with Gasteiger partial charge in [0.2, 0.25) is 0 Å². The van der Waals surface area contributed by atoms with Crippen molar-refractivity contribution in [3.63, 3.8) is 0 Å². The zero-order chi connectivity index (χ0) is 32.6. The number of hydrogen-bond donors (Lipinski definition) is 2. The normalized spacial score (nSPS) is 11.7. The molecule has 0 atom stereocenters. The van der Waals surface area contributed by atoms with Crippen molar-refractivity contribution in [2.24, 2.45) is 13.0 Å². The summed E-state index contributed by atoms with van der Waals surface area (Å²) in [6.07, 6.45) is 0.762. The Hall–Kier alpha value is -4.22. The molecule has 45 heavy (non-hydrogen) atoms. The topological polar surface area (TPSA) is 121 Å². The van der Waals surface area contributed by atoms with Crippen LogP contribution < -0.4 is 9.62 Å². The summed E-state index contributed by atoms with van der Waals surface area (Å²) in [5, 5.41) is 10.6. The molecule has 0 aliphatic rings. The minimum atomic E-state index is -3.78. The molecule has 1 amide bonds. The maximum atomic E-state index is 13.8. The van der Waals surface area contributed by atoms with Gasteiger partial charge in [-0.1, -0.05) is 70.2 Å². The standard InChI is InChI=1S/C34H44N6O4S/c1-6-39(7-2)21-22-40(45(42,43)29-11-9-8-10-12-29)28-18-19-31-30(23-28)36-32(38(31)5)20-15-26-13-16-27(17-14-26)33(35)37-34(41)44-24-25(3)4/h8-14,16-19,23,25H,6-7,15,20-22,24H2,1-5H3,(H2,35,37,41). The van der Waals surface area contributed by atoms with Gasteiger partial charge in [0, 0.05) is 32.1 Å². The van der Waals surface area contributed by atoms with Crippen LogP contribution in [0.3, 0.4) is 0 Å². The molecule has 0 radical (unpaired) electrons. The number of aromatic nitrogens is 2. The van der Waals surface area contributed by atoms with Gasteiger partial charge in [-0.15, -0.1) is 0 Å². The smallest absolute Gasteiger partial charge is 0.412 e. The molecule has 2 N–H and O–H groups in total. The van der Waals surface area contributed by atoms with E-state index in [0.717, 1.165) is 41.9 Å². The molecule has 4 aromatic rings. The molecule has 0 saturated heterocycles. The molecule has 4 rings (SSSR count). The Morgan fingerprint density at radius 2 is 1.67 bits per heavy atom. The third-order valence-corrected chi connectivity index (χ3v) is 9.59. The molecular weight excluding hydrogens is 588 g/mol. The Labute approximate surface area is 266 Å². The number of anilines is 1. The van der Waals surface area contributed by atoms with Crippen LogP contribution in [0, 0.1) is 11.3 Å². The molecule has 0 fully saturated rings. The number of nitrogens with one attached hydrogen (secondary N) is 2. The van der Waals surface area contributed by atoms with E-state index in [9.17, 15) is 13.2 Å². The van der Waals surface area contributed by atoms with Gasteiger partial charge in [-0.3, -0.25) is 15.0 Å². The number of carbonyl (C=O) groups excluding carboxylic acids is 1. The second kappa shape index (κ2) is 15.2. The molecule has 0 aliphatic carbocycles. The summed E-state index contributed by atoms with van der Waals surface area (Å²) in [7, 11) is -1.81. The number of rotatable bonds is 14. The van der Waals surface area contributed by atoms with Crippen LogP contribution in [0.5, 0.6) is 0 Å². The van der Waals surface area contributed by atoms with E-state index in [4.69, 9.17) is 15.1 Å². The number of benzene rings is 3. The number of carbonyl (C=O) groups is 1. The summed E-state index contributed by atoms with van der Waals surface area (Å²) in [4.78, 5) is 19.3. The van der Waals surface area contributed by atoms with Gasteiger partial charge in [0.1, 0.15) is 11.7 Å². The molecule has 0 aliphatic heterocycles. The predicted octanol–water partition coefficient (Wildman–Crippen LogP) is 5.60. The van der Waals surface area contributed by atoms with Crippen molar-refractivity contribution in [1.82, 2.24) is 19.8 Å². The van der Waals surface area contributed by atoms with E-state index in [-0.39, 0.29) is 16.6 Å². The van der Waals surface area contributed by atoms with Crippen LogP contribution >= 0.6 is 0 Å². The Balaban J connectivity index is 1.50. The average Bonchev–Trinajstić information content (AvgIpc) is 3.35. The van der Waals surface area contributed by atoms with Gasteiger partial charge < -0.3 is 14.2 Å². The third-order valence-electron chi connectivity index (χ3n) is 7.74. The highest BCUT2D eigenvalue weighted by molar-refractivity contribution is 7.92.